The average Bonchev–Trinajstić information content (AvgIpc) is 2.68. The monoisotopic (exact) mass is 299 g/mol. The van der Waals surface area contributed by atoms with E-state index < -0.39 is 0 Å². The Morgan fingerprint density at radius 3 is 2.85 bits per heavy atom. The van der Waals surface area contributed by atoms with Crippen LogP contribution in [-0.2, 0) is 6.54 Å². The van der Waals surface area contributed by atoms with Crippen molar-refractivity contribution in [2.24, 2.45) is 0 Å². The number of rotatable bonds is 4. The first-order valence-corrected chi connectivity index (χ1v) is 6.81. The number of nitro groups is 1. The highest BCUT2D eigenvalue weighted by atomic mass is 35.5. The predicted octanol–water partition coefficient (Wildman–Crippen LogP) is 2.59. The zero-order valence-electron chi connectivity index (χ0n) is 11.7. The number of para-hydroxylation sites is 1. The Balaban J connectivity index is 0.00000200. The summed E-state index contributed by atoms with van der Waals surface area (Å²) < 4.78 is 0. The lowest BCUT2D eigenvalue weighted by Gasteiger charge is -2.26. The van der Waals surface area contributed by atoms with Crippen LogP contribution in [0.1, 0.15) is 24.8 Å². The first kappa shape index (κ1) is 16.9. The van der Waals surface area contributed by atoms with Crippen molar-refractivity contribution in [1.82, 2.24) is 10.2 Å². The highest BCUT2D eigenvalue weighted by molar-refractivity contribution is 5.85. The molecule has 0 aliphatic carbocycles. The Hall–Kier alpha value is -1.17. The van der Waals surface area contributed by atoms with E-state index in [-0.39, 0.29) is 23.0 Å². The largest absolute Gasteiger partial charge is 0.317 e. The standard InChI is InChI=1S/C14H21N3O2.ClH/c1-16(13-6-4-9-15-10-8-13)11-12-5-2-3-7-14(12)17(18)19;/h2-3,5,7,13,15H,4,6,8-11H2,1H3;1H. The molecule has 112 valence electrons. The lowest BCUT2D eigenvalue weighted by Crippen LogP contribution is -2.32. The Morgan fingerprint density at radius 2 is 2.10 bits per heavy atom. The van der Waals surface area contributed by atoms with Crippen LogP contribution in [0.3, 0.4) is 0 Å². The molecular formula is C14H22ClN3O2. The molecule has 2 rings (SSSR count). The summed E-state index contributed by atoms with van der Waals surface area (Å²) in [6, 6.07) is 7.53. The van der Waals surface area contributed by atoms with Gasteiger partial charge in [0.15, 0.2) is 0 Å². The molecule has 1 N–H and O–H groups in total. The van der Waals surface area contributed by atoms with Crippen molar-refractivity contribution in [2.45, 2.75) is 31.8 Å². The molecular weight excluding hydrogens is 278 g/mol. The van der Waals surface area contributed by atoms with Crippen LogP contribution >= 0.6 is 12.4 Å². The van der Waals surface area contributed by atoms with E-state index in [0.717, 1.165) is 31.5 Å². The summed E-state index contributed by atoms with van der Waals surface area (Å²) in [5.74, 6) is 0. The van der Waals surface area contributed by atoms with Crippen LogP contribution in [0, 0.1) is 10.1 Å². The molecule has 0 bridgehead atoms. The van der Waals surface area contributed by atoms with Crippen LogP contribution in [0.25, 0.3) is 0 Å². The zero-order chi connectivity index (χ0) is 13.7. The Kier molecular flexibility index (Phi) is 6.91. The number of nitro benzene ring substituents is 1. The molecule has 1 aromatic rings. The van der Waals surface area contributed by atoms with Gasteiger partial charge in [0.1, 0.15) is 0 Å². The van der Waals surface area contributed by atoms with Gasteiger partial charge in [0.05, 0.1) is 4.92 Å². The zero-order valence-corrected chi connectivity index (χ0v) is 12.6. The van der Waals surface area contributed by atoms with Crippen molar-refractivity contribution in [2.75, 3.05) is 20.1 Å². The highest BCUT2D eigenvalue weighted by Crippen LogP contribution is 2.21. The minimum absolute atomic E-state index is 0. The third kappa shape index (κ3) is 4.44. The Labute approximate surface area is 125 Å². The van der Waals surface area contributed by atoms with E-state index in [1.165, 1.54) is 6.42 Å². The molecule has 0 radical (unpaired) electrons. The van der Waals surface area contributed by atoms with Crippen molar-refractivity contribution in [3.63, 3.8) is 0 Å². The molecule has 1 aliphatic rings. The van der Waals surface area contributed by atoms with Crippen LogP contribution in [0.15, 0.2) is 24.3 Å². The number of benzene rings is 1. The van der Waals surface area contributed by atoms with Crippen LogP contribution in [0.2, 0.25) is 0 Å². The molecule has 1 aliphatic heterocycles. The minimum Gasteiger partial charge on any atom is -0.317 e. The van der Waals surface area contributed by atoms with Crippen LogP contribution in [0.5, 0.6) is 0 Å². The van der Waals surface area contributed by atoms with Crippen molar-refractivity contribution >= 4 is 18.1 Å². The number of hydrogen-bond acceptors (Lipinski definition) is 4. The van der Waals surface area contributed by atoms with Gasteiger partial charge < -0.3 is 5.32 Å². The second-order valence-corrected chi connectivity index (χ2v) is 5.14. The number of nitrogens with zero attached hydrogens (tertiary/aromatic N) is 2. The molecule has 20 heavy (non-hydrogen) atoms. The third-order valence-corrected chi connectivity index (χ3v) is 3.78. The van der Waals surface area contributed by atoms with Crippen LogP contribution < -0.4 is 5.32 Å². The lowest BCUT2D eigenvalue weighted by atomic mass is 10.1. The van der Waals surface area contributed by atoms with Gasteiger partial charge in [-0.2, -0.15) is 0 Å². The van der Waals surface area contributed by atoms with Gasteiger partial charge in [-0.05, 0) is 39.4 Å². The fourth-order valence-electron chi connectivity index (χ4n) is 2.66. The molecule has 0 aromatic heterocycles. The fourth-order valence-corrected chi connectivity index (χ4v) is 2.66. The molecule has 1 unspecified atom stereocenters. The van der Waals surface area contributed by atoms with E-state index in [1.807, 2.05) is 12.1 Å². The van der Waals surface area contributed by atoms with E-state index in [1.54, 1.807) is 12.1 Å². The van der Waals surface area contributed by atoms with Gasteiger partial charge in [0, 0.05) is 24.2 Å². The fraction of sp³-hybridized carbons (Fsp3) is 0.571. The van der Waals surface area contributed by atoms with Gasteiger partial charge in [0.2, 0.25) is 0 Å². The number of hydrogen-bond donors (Lipinski definition) is 1. The molecule has 1 heterocycles. The summed E-state index contributed by atoms with van der Waals surface area (Å²) in [6.07, 6.45) is 3.44. The van der Waals surface area contributed by atoms with Crippen molar-refractivity contribution in [1.29, 1.82) is 0 Å². The molecule has 6 heteroatoms. The van der Waals surface area contributed by atoms with Gasteiger partial charge in [0.25, 0.3) is 5.69 Å². The normalized spacial score (nSPS) is 19.2. The minimum atomic E-state index is -0.294. The van der Waals surface area contributed by atoms with Gasteiger partial charge in [-0.15, -0.1) is 12.4 Å². The van der Waals surface area contributed by atoms with Crippen molar-refractivity contribution in [3.05, 3.63) is 39.9 Å². The summed E-state index contributed by atoms with van der Waals surface area (Å²) >= 11 is 0. The topological polar surface area (TPSA) is 58.4 Å². The molecule has 1 atom stereocenters. The molecule has 0 amide bonds. The summed E-state index contributed by atoms with van der Waals surface area (Å²) in [4.78, 5) is 13.0. The van der Waals surface area contributed by atoms with Gasteiger partial charge in [-0.1, -0.05) is 18.2 Å². The van der Waals surface area contributed by atoms with Crippen LogP contribution in [0.4, 0.5) is 5.69 Å². The molecule has 1 fully saturated rings. The second kappa shape index (κ2) is 8.19. The summed E-state index contributed by atoms with van der Waals surface area (Å²) in [6.45, 7) is 2.75. The smallest absolute Gasteiger partial charge is 0.273 e. The first-order valence-electron chi connectivity index (χ1n) is 6.81. The second-order valence-electron chi connectivity index (χ2n) is 5.14. The number of halogens is 1. The predicted molar refractivity (Wildman–Crippen MR) is 82.3 cm³/mol. The van der Waals surface area contributed by atoms with E-state index in [0.29, 0.717) is 12.6 Å². The maximum atomic E-state index is 11.0. The Bertz CT molecular complexity index is 434. The Morgan fingerprint density at radius 1 is 1.35 bits per heavy atom. The van der Waals surface area contributed by atoms with Crippen molar-refractivity contribution in [3.8, 4) is 0 Å². The van der Waals surface area contributed by atoms with E-state index >= 15 is 0 Å². The highest BCUT2D eigenvalue weighted by Gasteiger charge is 2.20. The van der Waals surface area contributed by atoms with Gasteiger partial charge in [-0.25, -0.2) is 0 Å². The van der Waals surface area contributed by atoms with E-state index in [9.17, 15) is 10.1 Å². The SMILES string of the molecule is CN(Cc1ccccc1[N+](=O)[O-])C1CCCNCC1.Cl. The van der Waals surface area contributed by atoms with Crippen LogP contribution in [-0.4, -0.2) is 36.0 Å². The summed E-state index contributed by atoms with van der Waals surface area (Å²) in [7, 11) is 2.06. The average molecular weight is 300 g/mol. The molecule has 1 saturated heterocycles. The quantitative estimate of drug-likeness (QED) is 0.686. The van der Waals surface area contributed by atoms with Gasteiger partial charge in [-0.3, -0.25) is 15.0 Å². The molecule has 0 spiro atoms. The summed E-state index contributed by atoms with van der Waals surface area (Å²) in [5.41, 5.74) is 1.02. The number of nitrogens with one attached hydrogen (secondary N) is 1. The maximum Gasteiger partial charge on any atom is 0.273 e. The maximum absolute atomic E-state index is 11.0. The van der Waals surface area contributed by atoms with Crippen molar-refractivity contribution < 1.29 is 4.92 Å². The molecule has 1 aromatic carbocycles. The van der Waals surface area contributed by atoms with Gasteiger partial charge >= 0.3 is 0 Å². The molecule has 0 saturated carbocycles. The molecule has 5 nitrogen and oxygen atoms in total. The first-order chi connectivity index (χ1) is 9.18. The lowest BCUT2D eigenvalue weighted by molar-refractivity contribution is -0.385. The van der Waals surface area contributed by atoms with E-state index in [4.69, 9.17) is 0 Å². The third-order valence-electron chi connectivity index (χ3n) is 3.78. The summed E-state index contributed by atoms with van der Waals surface area (Å²) in [5, 5.41) is 14.4. The van der Waals surface area contributed by atoms with E-state index in [2.05, 4.69) is 17.3 Å².